The number of amides is 3. The maximum Gasteiger partial charge on any atom is 0.259 e. The van der Waals surface area contributed by atoms with E-state index in [-0.39, 0.29) is 17.7 Å². The first-order valence-electron chi connectivity index (χ1n) is 6.01. The highest BCUT2D eigenvalue weighted by molar-refractivity contribution is 7.80. The molecule has 0 bridgehead atoms. The molecule has 1 N–H and O–H groups in total. The number of benzene rings is 1. The van der Waals surface area contributed by atoms with Crippen LogP contribution in [0.5, 0.6) is 0 Å². The van der Waals surface area contributed by atoms with Gasteiger partial charge in [-0.3, -0.25) is 19.7 Å². The number of carbonyl (C=O) groups is 3. The van der Waals surface area contributed by atoms with Gasteiger partial charge in [0.1, 0.15) is 0 Å². The van der Waals surface area contributed by atoms with Crippen molar-refractivity contribution in [3.05, 3.63) is 29.3 Å². The molecule has 98 valence electrons. The SMILES string of the molecule is O=C1NC(=O)c2cc(N3CC(CS)CC3=O)ccc21. The zero-order valence-corrected chi connectivity index (χ0v) is 10.9. The number of nitrogens with one attached hydrogen (secondary N) is 1. The molecule has 2 aliphatic heterocycles. The number of fused-ring (bicyclic) bond motifs is 1. The Balaban J connectivity index is 1.96. The monoisotopic (exact) mass is 276 g/mol. The first kappa shape index (κ1) is 12.2. The maximum absolute atomic E-state index is 11.9. The van der Waals surface area contributed by atoms with Gasteiger partial charge in [-0.1, -0.05) is 0 Å². The van der Waals surface area contributed by atoms with Crippen LogP contribution in [0.2, 0.25) is 0 Å². The molecule has 0 aliphatic carbocycles. The van der Waals surface area contributed by atoms with Crippen LogP contribution in [0.3, 0.4) is 0 Å². The first-order valence-corrected chi connectivity index (χ1v) is 6.64. The fourth-order valence-electron chi connectivity index (χ4n) is 2.48. The Morgan fingerprint density at radius 1 is 1.21 bits per heavy atom. The Morgan fingerprint density at radius 3 is 2.63 bits per heavy atom. The van der Waals surface area contributed by atoms with Gasteiger partial charge < -0.3 is 4.90 Å². The van der Waals surface area contributed by atoms with Crippen molar-refractivity contribution in [2.24, 2.45) is 5.92 Å². The highest BCUT2D eigenvalue weighted by Gasteiger charge is 2.32. The van der Waals surface area contributed by atoms with Gasteiger partial charge in [0.25, 0.3) is 11.8 Å². The quantitative estimate of drug-likeness (QED) is 0.622. The van der Waals surface area contributed by atoms with E-state index in [4.69, 9.17) is 0 Å². The molecule has 1 atom stereocenters. The minimum Gasteiger partial charge on any atom is -0.312 e. The number of hydrogen-bond donors (Lipinski definition) is 2. The minimum absolute atomic E-state index is 0.0312. The highest BCUT2D eigenvalue weighted by atomic mass is 32.1. The molecule has 0 saturated carbocycles. The molecule has 6 heteroatoms. The van der Waals surface area contributed by atoms with E-state index in [1.165, 1.54) is 0 Å². The zero-order valence-electron chi connectivity index (χ0n) is 10.0. The Morgan fingerprint density at radius 2 is 1.95 bits per heavy atom. The van der Waals surface area contributed by atoms with Crippen LogP contribution in [0.25, 0.3) is 0 Å². The van der Waals surface area contributed by atoms with Gasteiger partial charge in [-0.15, -0.1) is 0 Å². The van der Waals surface area contributed by atoms with Crippen molar-refractivity contribution >= 4 is 36.0 Å². The molecule has 3 amide bonds. The van der Waals surface area contributed by atoms with E-state index in [0.29, 0.717) is 35.5 Å². The smallest absolute Gasteiger partial charge is 0.259 e. The predicted octanol–water partition coefficient (Wildman–Crippen LogP) is 0.853. The Labute approximate surface area is 115 Å². The summed E-state index contributed by atoms with van der Waals surface area (Å²) in [5.74, 6) is 0.140. The van der Waals surface area contributed by atoms with Crippen LogP contribution in [0.15, 0.2) is 18.2 Å². The molecule has 1 aromatic rings. The Bertz CT molecular complexity index is 600. The van der Waals surface area contributed by atoms with Gasteiger partial charge in [-0.25, -0.2) is 0 Å². The number of nitrogens with zero attached hydrogens (tertiary/aromatic N) is 1. The molecule has 2 heterocycles. The highest BCUT2D eigenvalue weighted by Crippen LogP contribution is 2.28. The summed E-state index contributed by atoms with van der Waals surface area (Å²) in [7, 11) is 0. The van der Waals surface area contributed by atoms with Crippen LogP contribution in [0, 0.1) is 5.92 Å². The topological polar surface area (TPSA) is 66.5 Å². The second kappa shape index (κ2) is 4.38. The van der Waals surface area contributed by atoms with E-state index in [2.05, 4.69) is 17.9 Å². The average Bonchev–Trinajstić information content (AvgIpc) is 2.91. The molecule has 1 unspecified atom stereocenters. The number of imide groups is 1. The molecule has 1 fully saturated rings. The molecule has 2 aliphatic rings. The summed E-state index contributed by atoms with van der Waals surface area (Å²) in [5, 5.41) is 2.24. The Kier molecular flexibility index (Phi) is 2.82. The van der Waals surface area contributed by atoms with E-state index < -0.39 is 5.91 Å². The van der Waals surface area contributed by atoms with Gasteiger partial charge in [0.05, 0.1) is 11.1 Å². The van der Waals surface area contributed by atoms with Gasteiger partial charge in [0.2, 0.25) is 5.91 Å². The summed E-state index contributed by atoms with van der Waals surface area (Å²) in [6, 6.07) is 4.90. The average molecular weight is 276 g/mol. The van der Waals surface area contributed by atoms with E-state index in [1.807, 2.05) is 0 Å². The van der Waals surface area contributed by atoms with Gasteiger partial charge in [0.15, 0.2) is 0 Å². The van der Waals surface area contributed by atoms with E-state index >= 15 is 0 Å². The standard InChI is InChI=1S/C13H12N2O3S/c16-11-3-7(6-19)5-15(11)8-1-2-9-10(4-8)13(18)14-12(9)17/h1-2,4,7,19H,3,5-6H2,(H,14,17,18). The molecule has 3 rings (SSSR count). The molecular weight excluding hydrogens is 264 g/mol. The lowest BCUT2D eigenvalue weighted by Gasteiger charge is -2.17. The molecule has 0 spiro atoms. The third kappa shape index (κ3) is 1.92. The number of anilines is 1. The van der Waals surface area contributed by atoms with Gasteiger partial charge in [0, 0.05) is 18.7 Å². The summed E-state index contributed by atoms with van der Waals surface area (Å²) in [5.41, 5.74) is 1.37. The summed E-state index contributed by atoms with van der Waals surface area (Å²) in [6.45, 7) is 0.608. The van der Waals surface area contributed by atoms with Crippen LogP contribution in [0.4, 0.5) is 5.69 Å². The number of carbonyl (C=O) groups excluding carboxylic acids is 3. The molecule has 1 aromatic carbocycles. The maximum atomic E-state index is 11.9. The van der Waals surface area contributed by atoms with Gasteiger partial charge >= 0.3 is 0 Å². The summed E-state index contributed by atoms with van der Waals surface area (Å²) in [4.78, 5) is 36.6. The van der Waals surface area contributed by atoms with E-state index in [0.717, 1.165) is 0 Å². The van der Waals surface area contributed by atoms with E-state index in [1.54, 1.807) is 23.1 Å². The normalized spacial score (nSPS) is 21.8. The fourth-order valence-corrected chi connectivity index (χ4v) is 2.72. The van der Waals surface area contributed by atoms with Crippen molar-refractivity contribution in [2.45, 2.75) is 6.42 Å². The lowest BCUT2D eigenvalue weighted by molar-refractivity contribution is -0.117. The van der Waals surface area contributed by atoms with Crippen LogP contribution < -0.4 is 10.2 Å². The summed E-state index contributed by atoms with van der Waals surface area (Å²) >= 11 is 4.21. The lowest BCUT2D eigenvalue weighted by atomic mass is 10.1. The number of rotatable bonds is 2. The van der Waals surface area contributed by atoms with Crippen LogP contribution in [-0.4, -0.2) is 30.0 Å². The third-order valence-corrected chi connectivity index (χ3v) is 4.01. The molecule has 0 radical (unpaired) electrons. The van der Waals surface area contributed by atoms with Crippen molar-refractivity contribution < 1.29 is 14.4 Å². The molecule has 5 nitrogen and oxygen atoms in total. The zero-order chi connectivity index (χ0) is 13.6. The largest absolute Gasteiger partial charge is 0.312 e. The second-order valence-corrected chi connectivity index (χ2v) is 5.14. The number of thiol groups is 1. The van der Waals surface area contributed by atoms with Crippen molar-refractivity contribution in [3.8, 4) is 0 Å². The minimum atomic E-state index is -0.403. The summed E-state index contributed by atoms with van der Waals surface area (Å²) in [6.07, 6.45) is 0.478. The second-order valence-electron chi connectivity index (χ2n) is 4.77. The third-order valence-electron chi connectivity index (χ3n) is 3.49. The van der Waals surface area contributed by atoms with Crippen molar-refractivity contribution in [1.82, 2.24) is 5.32 Å². The van der Waals surface area contributed by atoms with Crippen LogP contribution in [-0.2, 0) is 4.79 Å². The van der Waals surface area contributed by atoms with Crippen LogP contribution >= 0.6 is 12.6 Å². The van der Waals surface area contributed by atoms with Crippen molar-refractivity contribution in [2.75, 3.05) is 17.2 Å². The van der Waals surface area contributed by atoms with Gasteiger partial charge in [-0.05, 0) is 29.9 Å². The van der Waals surface area contributed by atoms with Crippen molar-refractivity contribution in [3.63, 3.8) is 0 Å². The Hall–Kier alpha value is -1.82. The molecular formula is C13H12N2O3S. The lowest BCUT2D eigenvalue weighted by Crippen LogP contribution is -2.25. The molecule has 0 aromatic heterocycles. The molecule has 19 heavy (non-hydrogen) atoms. The van der Waals surface area contributed by atoms with Gasteiger partial charge in [-0.2, -0.15) is 12.6 Å². The van der Waals surface area contributed by atoms with E-state index in [9.17, 15) is 14.4 Å². The fraction of sp³-hybridized carbons (Fsp3) is 0.308. The van der Waals surface area contributed by atoms with Crippen LogP contribution in [0.1, 0.15) is 27.1 Å². The van der Waals surface area contributed by atoms with Crippen molar-refractivity contribution in [1.29, 1.82) is 0 Å². The predicted molar refractivity (Wildman–Crippen MR) is 72.6 cm³/mol. The first-order chi connectivity index (χ1) is 9.10. The number of hydrogen-bond acceptors (Lipinski definition) is 4. The summed E-state index contributed by atoms with van der Waals surface area (Å²) < 4.78 is 0. The molecule has 1 saturated heterocycles.